The van der Waals surface area contributed by atoms with Crippen LogP contribution in [0.1, 0.15) is 23.7 Å². The number of rotatable bonds is 3. The lowest BCUT2D eigenvalue weighted by Crippen LogP contribution is -2.37. The summed E-state index contributed by atoms with van der Waals surface area (Å²) >= 11 is 0. The number of aromatic nitrogens is 1. The fourth-order valence-corrected chi connectivity index (χ4v) is 3.16. The van der Waals surface area contributed by atoms with Crippen molar-refractivity contribution in [3.8, 4) is 22.9 Å². The normalized spacial score (nSPS) is 12.9. The van der Waals surface area contributed by atoms with Gasteiger partial charge in [0.15, 0.2) is 0 Å². The first-order valence-corrected chi connectivity index (χ1v) is 8.36. The highest BCUT2D eigenvalue weighted by molar-refractivity contribution is 5.80. The highest BCUT2D eigenvalue weighted by Gasteiger charge is 2.28. The van der Waals surface area contributed by atoms with E-state index < -0.39 is 0 Å². The molecule has 0 atom stereocenters. The van der Waals surface area contributed by atoms with E-state index in [1.807, 2.05) is 24.3 Å². The van der Waals surface area contributed by atoms with Gasteiger partial charge in [0.25, 0.3) is 0 Å². The van der Waals surface area contributed by atoms with Gasteiger partial charge in [0.05, 0.1) is 26.0 Å². The van der Waals surface area contributed by atoms with E-state index in [9.17, 15) is 10.1 Å². The van der Waals surface area contributed by atoms with E-state index in [-0.39, 0.29) is 11.9 Å². The standard InChI is InChI=1S/C19H20N4O3/c1-3-26-19(24)23-8-7-16-15(11-23)17(14(10-20)18(21)22-16)12-5-4-6-13(9-12)25-2/h4-6,9H,3,7-8,11H2,1-2H3,(H2,21,22). The number of hydrogen-bond acceptors (Lipinski definition) is 6. The molecule has 3 rings (SSSR count). The van der Waals surface area contributed by atoms with Crippen LogP contribution in [-0.4, -0.2) is 36.2 Å². The Balaban J connectivity index is 2.15. The van der Waals surface area contributed by atoms with Crippen molar-refractivity contribution in [3.05, 3.63) is 41.1 Å². The number of amides is 1. The van der Waals surface area contributed by atoms with Crippen molar-refractivity contribution in [2.75, 3.05) is 26.0 Å². The largest absolute Gasteiger partial charge is 0.497 e. The van der Waals surface area contributed by atoms with Crippen LogP contribution in [0.15, 0.2) is 24.3 Å². The Bertz CT molecular complexity index is 889. The Labute approximate surface area is 152 Å². The minimum Gasteiger partial charge on any atom is -0.497 e. The van der Waals surface area contributed by atoms with E-state index in [0.29, 0.717) is 43.0 Å². The van der Waals surface area contributed by atoms with Crippen LogP contribution in [0.2, 0.25) is 0 Å². The van der Waals surface area contributed by atoms with Gasteiger partial charge in [0.2, 0.25) is 0 Å². The summed E-state index contributed by atoms with van der Waals surface area (Å²) in [5.74, 6) is 0.877. The van der Waals surface area contributed by atoms with Crippen molar-refractivity contribution < 1.29 is 14.3 Å². The second-order valence-corrected chi connectivity index (χ2v) is 5.89. The number of nitrogens with two attached hydrogens (primary N) is 1. The van der Waals surface area contributed by atoms with Gasteiger partial charge in [-0.25, -0.2) is 9.78 Å². The molecule has 0 saturated heterocycles. The number of hydrogen-bond donors (Lipinski definition) is 1. The Morgan fingerprint density at radius 2 is 2.27 bits per heavy atom. The molecule has 134 valence electrons. The zero-order chi connectivity index (χ0) is 18.7. The highest BCUT2D eigenvalue weighted by atomic mass is 16.6. The summed E-state index contributed by atoms with van der Waals surface area (Å²) in [5, 5.41) is 9.64. The fraction of sp³-hybridized carbons (Fsp3) is 0.316. The molecule has 26 heavy (non-hydrogen) atoms. The van der Waals surface area contributed by atoms with Gasteiger partial charge in [0, 0.05) is 24.1 Å². The van der Waals surface area contributed by atoms with Gasteiger partial charge < -0.3 is 20.1 Å². The van der Waals surface area contributed by atoms with E-state index in [4.69, 9.17) is 15.2 Å². The van der Waals surface area contributed by atoms with Crippen LogP contribution in [0.4, 0.5) is 10.6 Å². The maximum absolute atomic E-state index is 12.2. The SMILES string of the molecule is CCOC(=O)N1CCc2nc(N)c(C#N)c(-c3cccc(OC)c3)c2C1. The monoisotopic (exact) mass is 352 g/mol. The van der Waals surface area contributed by atoms with Gasteiger partial charge in [-0.05, 0) is 24.6 Å². The number of methoxy groups -OCH3 is 1. The lowest BCUT2D eigenvalue weighted by Gasteiger charge is -2.29. The Kier molecular flexibility index (Phi) is 4.94. The minimum absolute atomic E-state index is 0.202. The first-order chi connectivity index (χ1) is 12.6. The third-order valence-corrected chi connectivity index (χ3v) is 4.38. The summed E-state index contributed by atoms with van der Waals surface area (Å²) < 4.78 is 10.4. The molecule has 7 heteroatoms. The fourth-order valence-electron chi connectivity index (χ4n) is 3.16. The van der Waals surface area contributed by atoms with Gasteiger partial charge in [0.1, 0.15) is 23.2 Å². The predicted octanol–water partition coefficient (Wildman–Crippen LogP) is 2.73. The van der Waals surface area contributed by atoms with Crippen molar-refractivity contribution in [1.82, 2.24) is 9.88 Å². The average molecular weight is 352 g/mol. The maximum atomic E-state index is 12.2. The van der Waals surface area contributed by atoms with Gasteiger partial charge in [-0.1, -0.05) is 12.1 Å². The van der Waals surface area contributed by atoms with E-state index in [1.54, 1.807) is 18.9 Å². The number of benzene rings is 1. The number of nitrogens with zero attached hydrogens (tertiary/aromatic N) is 3. The van der Waals surface area contributed by atoms with E-state index in [0.717, 1.165) is 16.8 Å². The quantitative estimate of drug-likeness (QED) is 0.911. The van der Waals surface area contributed by atoms with Crippen molar-refractivity contribution in [1.29, 1.82) is 5.26 Å². The molecule has 2 N–H and O–H groups in total. The zero-order valence-electron chi connectivity index (χ0n) is 14.8. The number of ether oxygens (including phenoxy) is 2. The molecule has 2 heterocycles. The van der Waals surface area contributed by atoms with Gasteiger partial charge >= 0.3 is 6.09 Å². The van der Waals surface area contributed by atoms with Gasteiger partial charge in [-0.15, -0.1) is 0 Å². The summed E-state index contributed by atoms with van der Waals surface area (Å²) in [4.78, 5) is 18.2. The third-order valence-electron chi connectivity index (χ3n) is 4.38. The zero-order valence-corrected chi connectivity index (χ0v) is 14.8. The third kappa shape index (κ3) is 3.14. The molecule has 1 aromatic heterocycles. The van der Waals surface area contributed by atoms with Gasteiger partial charge in [-0.2, -0.15) is 5.26 Å². The van der Waals surface area contributed by atoms with Gasteiger partial charge in [-0.3, -0.25) is 0 Å². The smallest absolute Gasteiger partial charge is 0.410 e. The molecule has 0 unspecified atom stereocenters. The number of fused-ring (bicyclic) bond motifs is 1. The van der Waals surface area contributed by atoms with E-state index >= 15 is 0 Å². The van der Waals surface area contributed by atoms with Crippen LogP contribution in [0.3, 0.4) is 0 Å². The number of pyridine rings is 1. The van der Waals surface area contributed by atoms with Crippen LogP contribution in [0.5, 0.6) is 5.75 Å². The molecule has 0 bridgehead atoms. The number of nitrogen functional groups attached to an aromatic ring is 1. The lowest BCUT2D eigenvalue weighted by atomic mass is 9.91. The Hall–Kier alpha value is -3.27. The molecule has 1 aliphatic heterocycles. The second-order valence-electron chi connectivity index (χ2n) is 5.89. The minimum atomic E-state index is -0.370. The van der Waals surface area contributed by atoms with Crippen LogP contribution < -0.4 is 10.5 Å². The van der Waals surface area contributed by atoms with Crippen LogP contribution in [0, 0.1) is 11.3 Å². The van der Waals surface area contributed by atoms with Crippen LogP contribution in [0.25, 0.3) is 11.1 Å². The number of carbonyl (C=O) groups is 1. The van der Waals surface area contributed by atoms with Crippen molar-refractivity contribution >= 4 is 11.9 Å². The summed E-state index contributed by atoms with van der Waals surface area (Å²) in [6.45, 7) is 2.91. The molecule has 1 aliphatic rings. The molecule has 7 nitrogen and oxygen atoms in total. The molecule has 0 radical (unpaired) electrons. The molecular formula is C19H20N4O3. The van der Waals surface area contributed by atoms with E-state index in [2.05, 4.69) is 11.1 Å². The molecule has 0 aliphatic carbocycles. The summed E-state index contributed by atoms with van der Waals surface area (Å²) in [7, 11) is 1.59. The van der Waals surface area contributed by atoms with Crippen LogP contribution >= 0.6 is 0 Å². The number of nitriles is 1. The molecular weight excluding hydrogens is 332 g/mol. The topological polar surface area (TPSA) is 101 Å². The molecule has 0 saturated carbocycles. The molecule has 0 spiro atoms. The number of anilines is 1. The molecule has 1 aromatic carbocycles. The van der Waals surface area contributed by atoms with Crippen molar-refractivity contribution in [2.24, 2.45) is 0 Å². The molecule has 1 amide bonds. The second kappa shape index (κ2) is 7.31. The number of carbonyl (C=O) groups excluding carboxylic acids is 1. The van der Waals surface area contributed by atoms with Crippen LogP contribution in [-0.2, 0) is 17.7 Å². The Morgan fingerprint density at radius 1 is 1.46 bits per heavy atom. The van der Waals surface area contributed by atoms with Crippen molar-refractivity contribution in [3.63, 3.8) is 0 Å². The summed E-state index contributed by atoms with van der Waals surface area (Å²) in [6, 6.07) is 9.58. The predicted molar refractivity (Wildman–Crippen MR) is 96.5 cm³/mol. The summed E-state index contributed by atoms with van der Waals surface area (Å²) in [5.41, 5.74) is 9.47. The molecule has 0 fully saturated rings. The lowest BCUT2D eigenvalue weighted by molar-refractivity contribution is 0.102. The molecule has 2 aromatic rings. The first kappa shape index (κ1) is 17.5. The summed E-state index contributed by atoms with van der Waals surface area (Å²) in [6.07, 6.45) is 0.186. The first-order valence-electron chi connectivity index (χ1n) is 8.36. The maximum Gasteiger partial charge on any atom is 0.410 e. The van der Waals surface area contributed by atoms with Crippen molar-refractivity contribution in [2.45, 2.75) is 19.9 Å². The average Bonchev–Trinajstić information content (AvgIpc) is 2.66. The Morgan fingerprint density at radius 3 is 2.96 bits per heavy atom. The van der Waals surface area contributed by atoms with E-state index in [1.165, 1.54) is 0 Å². The highest BCUT2D eigenvalue weighted by Crippen LogP contribution is 2.36.